The topological polar surface area (TPSA) is 111 Å². The van der Waals surface area contributed by atoms with E-state index in [1.807, 2.05) is 21.1 Å². The summed E-state index contributed by atoms with van der Waals surface area (Å²) in [5.41, 5.74) is 0. The average molecular weight is 1160 g/mol. The molecule has 83 heavy (non-hydrogen) atoms. The predicted octanol–water partition coefficient (Wildman–Crippen LogP) is 19.9. The molecule has 0 aromatic heterocycles. The molecule has 0 radical (unpaired) electrons. The first kappa shape index (κ1) is 79.2. The smallest absolute Gasteiger partial charge is 0.306 e. The van der Waals surface area contributed by atoms with Gasteiger partial charge in [-0.2, -0.15) is 0 Å². The molecule has 0 bridgehead atoms. The van der Waals surface area contributed by atoms with Crippen LogP contribution < -0.4 is 5.11 Å². The van der Waals surface area contributed by atoms with Crippen LogP contribution in [0.5, 0.6) is 0 Å². The van der Waals surface area contributed by atoms with Crippen molar-refractivity contribution in [2.45, 2.75) is 309 Å². The Kier molecular flexibility index (Phi) is 61.3. The molecule has 0 aliphatic carbocycles. The highest BCUT2D eigenvalue weighted by atomic mass is 16.7. The molecule has 9 heteroatoms. The average Bonchev–Trinajstić information content (AvgIpc) is 3.46. The second-order valence-corrected chi connectivity index (χ2v) is 24.1. The minimum atomic E-state index is -1.63. The lowest BCUT2D eigenvalue weighted by Crippen LogP contribution is -2.44. The molecule has 0 aliphatic rings. The molecular weight excluding hydrogens is 1030 g/mol. The van der Waals surface area contributed by atoms with Crippen molar-refractivity contribution < 1.29 is 42.9 Å². The van der Waals surface area contributed by atoms with E-state index >= 15 is 0 Å². The number of carbonyl (C=O) groups excluding carboxylic acids is 3. The minimum absolute atomic E-state index is 0.142. The third-order valence-electron chi connectivity index (χ3n) is 14.8. The standard InChI is InChI=1S/C74H129NO8/c1-6-8-10-12-14-16-18-20-22-24-26-28-30-32-34-36-38-40-42-44-46-48-50-52-54-56-58-60-62-64-71(76)81-68-70(69-82-74(73(78)79)80-67-66-75(3,4)5)83-72(77)65-63-61-59-57-55-53-51-49-47-45-43-41-39-37-35-33-31-29-27-25-23-21-19-17-15-13-11-9-7-2/h9,11,15,17,21,23-24,26-27,29,33,35,39,41,45,47,70,74H,6-8,10,12-14,16,18-20,22,25,28,30-32,34,36-38,40,42-44,46,48-69H2,1-5H3/b11-9-,17-15-,23-21-,26-24-,29-27-,35-33-,41-39-,47-45-. The lowest BCUT2D eigenvalue weighted by molar-refractivity contribution is -0.870. The Morgan fingerprint density at radius 2 is 0.687 bits per heavy atom. The molecule has 0 N–H and O–H groups in total. The largest absolute Gasteiger partial charge is 0.545 e. The van der Waals surface area contributed by atoms with Gasteiger partial charge in [0.05, 0.1) is 40.3 Å². The molecule has 0 heterocycles. The van der Waals surface area contributed by atoms with Gasteiger partial charge in [0.25, 0.3) is 0 Å². The highest BCUT2D eigenvalue weighted by molar-refractivity contribution is 5.70. The van der Waals surface area contributed by atoms with Gasteiger partial charge in [0.15, 0.2) is 12.4 Å². The van der Waals surface area contributed by atoms with Crippen molar-refractivity contribution >= 4 is 17.9 Å². The van der Waals surface area contributed by atoms with Crippen LogP contribution in [0.25, 0.3) is 0 Å². The molecule has 0 aliphatic heterocycles. The van der Waals surface area contributed by atoms with Crippen LogP contribution in [0.2, 0.25) is 0 Å². The molecule has 0 spiro atoms. The molecule has 2 unspecified atom stereocenters. The summed E-state index contributed by atoms with van der Waals surface area (Å²) in [5, 5.41) is 11.8. The predicted molar refractivity (Wildman–Crippen MR) is 352 cm³/mol. The Morgan fingerprint density at radius 1 is 0.373 bits per heavy atom. The SMILES string of the molecule is CC/C=C\C/C=C\C/C=C\C/C=C\C/C=C\C/C=C\C/C=C\CCCCCCCCCC(=O)OC(COC(=O)CCCCCCCCCCCCCCCCCCC/C=C\CCCCCCCCCC)COC(OCC[N+](C)(C)C)C(=O)[O-]. The number of aliphatic carboxylic acids is 1. The zero-order valence-corrected chi connectivity index (χ0v) is 54.5. The van der Waals surface area contributed by atoms with Gasteiger partial charge in [-0.25, -0.2) is 0 Å². The Labute approximate surface area is 512 Å². The van der Waals surface area contributed by atoms with E-state index < -0.39 is 24.3 Å². The van der Waals surface area contributed by atoms with Gasteiger partial charge in [0, 0.05) is 12.8 Å². The number of likely N-dealkylation sites (N-methyl/N-ethyl adjacent to an activating group) is 1. The number of carbonyl (C=O) groups is 3. The number of hydrogen-bond donors (Lipinski definition) is 0. The van der Waals surface area contributed by atoms with E-state index in [4.69, 9.17) is 18.9 Å². The van der Waals surface area contributed by atoms with Crippen molar-refractivity contribution in [2.75, 3.05) is 47.5 Å². The van der Waals surface area contributed by atoms with Gasteiger partial charge in [0.1, 0.15) is 13.2 Å². The summed E-state index contributed by atoms with van der Waals surface area (Å²) in [4.78, 5) is 37.5. The zero-order valence-electron chi connectivity index (χ0n) is 54.5. The Hall–Kier alpha value is -3.79. The van der Waals surface area contributed by atoms with Crippen LogP contribution in [0.1, 0.15) is 296 Å². The number of hydrogen-bond acceptors (Lipinski definition) is 8. The van der Waals surface area contributed by atoms with Crippen molar-refractivity contribution in [3.8, 4) is 0 Å². The van der Waals surface area contributed by atoms with Crippen LogP contribution in [-0.4, -0.2) is 82.3 Å². The third-order valence-corrected chi connectivity index (χ3v) is 14.8. The van der Waals surface area contributed by atoms with Crippen molar-refractivity contribution in [3.63, 3.8) is 0 Å². The summed E-state index contributed by atoms with van der Waals surface area (Å²) >= 11 is 0. The number of esters is 2. The van der Waals surface area contributed by atoms with Crippen LogP contribution in [0, 0.1) is 0 Å². The molecule has 9 nitrogen and oxygen atoms in total. The molecule has 0 saturated heterocycles. The fraction of sp³-hybridized carbons (Fsp3) is 0.743. The second kappa shape index (κ2) is 64.2. The lowest BCUT2D eigenvalue weighted by atomic mass is 10.0. The van der Waals surface area contributed by atoms with Crippen molar-refractivity contribution in [3.05, 3.63) is 97.2 Å². The number of rotatable bonds is 63. The van der Waals surface area contributed by atoms with Gasteiger partial charge in [-0.05, 0) is 96.3 Å². The zero-order chi connectivity index (χ0) is 60.5. The van der Waals surface area contributed by atoms with Crippen molar-refractivity contribution in [1.82, 2.24) is 0 Å². The number of allylic oxidation sites excluding steroid dienone is 16. The second-order valence-electron chi connectivity index (χ2n) is 24.1. The number of ether oxygens (including phenoxy) is 4. The molecule has 0 fully saturated rings. The van der Waals surface area contributed by atoms with Crippen molar-refractivity contribution in [2.24, 2.45) is 0 Å². The van der Waals surface area contributed by atoms with E-state index in [9.17, 15) is 19.5 Å². The Morgan fingerprint density at radius 3 is 1.04 bits per heavy atom. The van der Waals surface area contributed by atoms with Gasteiger partial charge in [-0.15, -0.1) is 0 Å². The number of quaternary nitrogens is 1. The summed E-state index contributed by atoms with van der Waals surface area (Å²) in [5.74, 6) is -2.29. The maximum absolute atomic E-state index is 12.9. The van der Waals surface area contributed by atoms with Gasteiger partial charge in [0.2, 0.25) is 0 Å². The number of unbranched alkanes of at least 4 members (excludes halogenated alkanes) is 32. The molecule has 0 amide bonds. The maximum atomic E-state index is 12.9. The Balaban J connectivity index is 4.17. The first-order valence-corrected chi connectivity index (χ1v) is 34.4. The molecule has 0 saturated carbocycles. The van der Waals surface area contributed by atoms with E-state index in [1.165, 1.54) is 173 Å². The van der Waals surface area contributed by atoms with Crippen LogP contribution in [0.3, 0.4) is 0 Å². The van der Waals surface area contributed by atoms with Gasteiger partial charge < -0.3 is 33.3 Å². The van der Waals surface area contributed by atoms with E-state index in [0.717, 1.165) is 89.9 Å². The van der Waals surface area contributed by atoms with Gasteiger partial charge in [-0.3, -0.25) is 9.59 Å². The number of carboxylic acids is 1. The molecule has 0 aromatic carbocycles. The van der Waals surface area contributed by atoms with Crippen LogP contribution >= 0.6 is 0 Å². The highest BCUT2D eigenvalue weighted by Crippen LogP contribution is 2.17. The fourth-order valence-corrected chi connectivity index (χ4v) is 9.57. The summed E-state index contributed by atoms with van der Waals surface area (Å²) in [6, 6.07) is 0. The van der Waals surface area contributed by atoms with Crippen LogP contribution in [0.4, 0.5) is 0 Å². The lowest BCUT2D eigenvalue weighted by Gasteiger charge is -2.26. The van der Waals surface area contributed by atoms with E-state index in [1.54, 1.807) is 0 Å². The number of nitrogens with zero attached hydrogens (tertiary/aromatic N) is 1. The van der Waals surface area contributed by atoms with E-state index in [-0.39, 0.29) is 38.6 Å². The molecular formula is C74H129NO8. The minimum Gasteiger partial charge on any atom is -0.545 e. The highest BCUT2D eigenvalue weighted by Gasteiger charge is 2.22. The molecule has 2 atom stereocenters. The van der Waals surface area contributed by atoms with Crippen LogP contribution in [0.15, 0.2) is 97.2 Å². The quantitative estimate of drug-likeness (QED) is 0.0195. The first-order chi connectivity index (χ1) is 40.6. The van der Waals surface area contributed by atoms with Gasteiger partial charge in [-0.1, -0.05) is 284 Å². The summed E-state index contributed by atoms with van der Waals surface area (Å²) in [6.45, 7) is 4.65. The third kappa shape index (κ3) is 65.6. The maximum Gasteiger partial charge on any atom is 0.306 e. The molecule has 478 valence electrons. The number of carboxylic acid groups (broad SMARTS) is 1. The Bertz CT molecular complexity index is 1680. The van der Waals surface area contributed by atoms with Crippen molar-refractivity contribution in [1.29, 1.82) is 0 Å². The summed E-state index contributed by atoms with van der Waals surface area (Å²) < 4.78 is 22.8. The summed E-state index contributed by atoms with van der Waals surface area (Å²) in [6.07, 6.45) is 84.8. The summed E-state index contributed by atoms with van der Waals surface area (Å²) in [7, 11) is 5.92. The monoisotopic (exact) mass is 1160 g/mol. The first-order valence-electron chi connectivity index (χ1n) is 34.4. The molecule has 0 aromatic rings. The van der Waals surface area contributed by atoms with E-state index in [0.29, 0.717) is 17.4 Å². The van der Waals surface area contributed by atoms with Crippen LogP contribution in [-0.2, 0) is 33.3 Å². The van der Waals surface area contributed by atoms with Gasteiger partial charge >= 0.3 is 11.9 Å². The van der Waals surface area contributed by atoms with E-state index in [2.05, 4.69) is 111 Å². The fourth-order valence-electron chi connectivity index (χ4n) is 9.57. The normalized spacial score (nSPS) is 13.3. The molecule has 0 rings (SSSR count).